The lowest BCUT2D eigenvalue weighted by molar-refractivity contribution is -0.141. The fourth-order valence-corrected chi connectivity index (χ4v) is 4.01. The van der Waals surface area contributed by atoms with E-state index in [1.165, 1.54) is 16.9 Å². The Hall–Kier alpha value is -1.17. The molecule has 0 bridgehead atoms. The molecular formula is C16H21NO2S2. The van der Waals surface area contributed by atoms with Crippen molar-refractivity contribution in [3.63, 3.8) is 0 Å². The van der Waals surface area contributed by atoms with Gasteiger partial charge in [0.15, 0.2) is 0 Å². The van der Waals surface area contributed by atoms with Gasteiger partial charge >= 0.3 is 5.97 Å². The third-order valence-corrected chi connectivity index (χ3v) is 5.32. The molecule has 0 aliphatic rings. The lowest BCUT2D eigenvalue weighted by Gasteiger charge is -2.27. The van der Waals surface area contributed by atoms with Crippen molar-refractivity contribution in [2.45, 2.75) is 32.4 Å². The van der Waals surface area contributed by atoms with Gasteiger partial charge in [0.25, 0.3) is 0 Å². The highest BCUT2D eigenvalue weighted by Gasteiger charge is 2.24. The van der Waals surface area contributed by atoms with Crippen LogP contribution in [0.15, 0.2) is 35.0 Å². The Labute approximate surface area is 134 Å². The number of hydrogen-bond donors (Lipinski definition) is 1. The van der Waals surface area contributed by atoms with Crippen LogP contribution in [0.1, 0.15) is 42.1 Å². The summed E-state index contributed by atoms with van der Waals surface area (Å²) < 4.78 is 4.84. The Morgan fingerprint density at radius 2 is 1.81 bits per heavy atom. The van der Waals surface area contributed by atoms with Crippen LogP contribution in [0.5, 0.6) is 0 Å². The van der Waals surface area contributed by atoms with Crippen LogP contribution in [-0.4, -0.2) is 13.1 Å². The highest BCUT2D eigenvalue weighted by atomic mass is 32.1. The molecule has 114 valence electrons. The van der Waals surface area contributed by atoms with Gasteiger partial charge in [-0.1, -0.05) is 26.0 Å². The van der Waals surface area contributed by atoms with Gasteiger partial charge in [-0.2, -0.15) is 0 Å². The summed E-state index contributed by atoms with van der Waals surface area (Å²) in [5.74, 6) is 0.262. The molecule has 2 rings (SSSR count). The molecule has 0 aliphatic heterocycles. The van der Waals surface area contributed by atoms with E-state index in [2.05, 4.69) is 42.7 Å². The predicted octanol–water partition coefficient (Wildman–Crippen LogP) is 4.40. The van der Waals surface area contributed by atoms with Crippen LogP contribution >= 0.6 is 22.7 Å². The van der Waals surface area contributed by atoms with E-state index in [0.717, 1.165) is 0 Å². The zero-order valence-electron chi connectivity index (χ0n) is 12.5. The predicted molar refractivity (Wildman–Crippen MR) is 88.7 cm³/mol. The molecule has 0 aliphatic carbocycles. The van der Waals surface area contributed by atoms with Gasteiger partial charge in [0.1, 0.15) is 0 Å². The van der Waals surface area contributed by atoms with Crippen molar-refractivity contribution in [3.8, 4) is 0 Å². The number of esters is 1. The average Bonchev–Trinajstić information content (AvgIpc) is 3.14. The van der Waals surface area contributed by atoms with E-state index in [4.69, 9.17) is 4.74 Å². The number of ether oxygens (including phenoxy) is 1. The standard InChI is InChI=1S/C16H21NO2S2/c1-11(2)16(14-7-5-9-21-14)17-12(10-15(18)19-3)13-6-4-8-20-13/h4-9,11-12,16-17H,10H2,1-3H3. The molecule has 2 heterocycles. The molecule has 2 atom stereocenters. The number of hydrogen-bond acceptors (Lipinski definition) is 5. The van der Waals surface area contributed by atoms with Crippen LogP contribution in [0.25, 0.3) is 0 Å². The Morgan fingerprint density at radius 1 is 1.19 bits per heavy atom. The first-order chi connectivity index (χ1) is 10.1. The molecule has 2 unspecified atom stereocenters. The Kier molecular flexibility index (Phi) is 5.96. The van der Waals surface area contributed by atoms with Gasteiger partial charge in [-0.3, -0.25) is 4.79 Å². The molecule has 0 aromatic carbocycles. The van der Waals surface area contributed by atoms with Crippen molar-refractivity contribution in [2.75, 3.05) is 7.11 Å². The topological polar surface area (TPSA) is 38.3 Å². The van der Waals surface area contributed by atoms with Gasteiger partial charge in [-0.05, 0) is 28.8 Å². The van der Waals surface area contributed by atoms with Gasteiger partial charge in [0.2, 0.25) is 0 Å². The second kappa shape index (κ2) is 7.73. The molecule has 2 aromatic rings. The summed E-state index contributed by atoms with van der Waals surface area (Å²) in [5, 5.41) is 7.77. The number of thiophene rings is 2. The van der Waals surface area contributed by atoms with Crippen molar-refractivity contribution >= 4 is 28.6 Å². The number of methoxy groups -OCH3 is 1. The summed E-state index contributed by atoms with van der Waals surface area (Å²) in [6, 6.07) is 8.52. The van der Waals surface area contributed by atoms with Crippen molar-refractivity contribution in [3.05, 3.63) is 44.8 Å². The second-order valence-corrected chi connectivity index (χ2v) is 7.21. The fraction of sp³-hybridized carbons (Fsp3) is 0.438. The van der Waals surface area contributed by atoms with Crippen LogP contribution < -0.4 is 5.32 Å². The maximum atomic E-state index is 11.7. The molecule has 2 aromatic heterocycles. The summed E-state index contributed by atoms with van der Waals surface area (Å²) >= 11 is 3.42. The lowest BCUT2D eigenvalue weighted by Crippen LogP contribution is -2.30. The van der Waals surface area contributed by atoms with Crippen molar-refractivity contribution < 1.29 is 9.53 Å². The first-order valence-electron chi connectivity index (χ1n) is 7.01. The zero-order valence-corrected chi connectivity index (χ0v) is 14.2. The van der Waals surface area contributed by atoms with Gasteiger partial charge in [0.05, 0.1) is 19.6 Å². The average molecular weight is 323 g/mol. The molecule has 5 heteroatoms. The van der Waals surface area contributed by atoms with Gasteiger partial charge < -0.3 is 10.1 Å². The molecule has 21 heavy (non-hydrogen) atoms. The van der Waals surface area contributed by atoms with Gasteiger partial charge in [0, 0.05) is 15.8 Å². The molecule has 0 saturated heterocycles. The molecule has 0 fully saturated rings. The molecule has 0 amide bonds. The summed E-state index contributed by atoms with van der Waals surface area (Å²) in [5.41, 5.74) is 0. The van der Waals surface area contributed by atoms with E-state index in [1.807, 2.05) is 11.4 Å². The van der Waals surface area contributed by atoms with Gasteiger partial charge in [-0.15, -0.1) is 22.7 Å². The summed E-state index contributed by atoms with van der Waals surface area (Å²) in [7, 11) is 1.44. The summed E-state index contributed by atoms with van der Waals surface area (Å²) in [6.07, 6.45) is 0.353. The van der Waals surface area contributed by atoms with E-state index in [-0.39, 0.29) is 18.1 Å². The van der Waals surface area contributed by atoms with Crippen molar-refractivity contribution in [1.82, 2.24) is 5.32 Å². The van der Waals surface area contributed by atoms with Crippen LogP contribution in [0.4, 0.5) is 0 Å². The second-order valence-electron chi connectivity index (χ2n) is 5.25. The summed E-state index contributed by atoms with van der Waals surface area (Å²) in [6.45, 7) is 4.39. The van der Waals surface area contributed by atoms with Crippen LogP contribution in [0.2, 0.25) is 0 Å². The lowest BCUT2D eigenvalue weighted by atomic mass is 10.0. The number of rotatable bonds is 7. The molecular weight excluding hydrogens is 302 g/mol. The highest BCUT2D eigenvalue weighted by Crippen LogP contribution is 2.31. The Balaban J connectivity index is 2.18. The van der Waals surface area contributed by atoms with Crippen molar-refractivity contribution in [1.29, 1.82) is 0 Å². The van der Waals surface area contributed by atoms with Crippen molar-refractivity contribution in [2.24, 2.45) is 5.92 Å². The number of nitrogens with one attached hydrogen (secondary N) is 1. The van der Waals surface area contributed by atoms with E-state index in [1.54, 1.807) is 22.7 Å². The number of carbonyl (C=O) groups excluding carboxylic acids is 1. The van der Waals surface area contributed by atoms with E-state index in [0.29, 0.717) is 12.3 Å². The molecule has 1 N–H and O–H groups in total. The molecule has 0 radical (unpaired) electrons. The SMILES string of the molecule is COC(=O)CC(NC(c1cccs1)C(C)C)c1cccs1. The smallest absolute Gasteiger partial charge is 0.307 e. The Bertz CT molecular complexity index is 535. The maximum absolute atomic E-state index is 11.7. The zero-order chi connectivity index (χ0) is 15.2. The van der Waals surface area contributed by atoms with Crippen LogP contribution in [0, 0.1) is 5.92 Å². The first-order valence-corrected chi connectivity index (χ1v) is 8.77. The molecule has 3 nitrogen and oxygen atoms in total. The minimum absolute atomic E-state index is 0.00745. The van der Waals surface area contributed by atoms with E-state index in [9.17, 15) is 4.79 Å². The van der Waals surface area contributed by atoms with Crippen LogP contribution in [0.3, 0.4) is 0 Å². The van der Waals surface area contributed by atoms with E-state index < -0.39 is 0 Å². The highest BCUT2D eigenvalue weighted by molar-refractivity contribution is 7.10. The normalized spacial score (nSPS) is 14.1. The van der Waals surface area contributed by atoms with E-state index >= 15 is 0 Å². The number of carbonyl (C=O) groups is 1. The maximum Gasteiger partial charge on any atom is 0.307 e. The minimum atomic E-state index is -0.186. The monoisotopic (exact) mass is 323 g/mol. The summed E-state index contributed by atoms with van der Waals surface area (Å²) in [4.78, 5) is 14.2. The molecule has 0 saturated carbocycles. The third kappa shape index (κ3) is 4.40. The fourth-order valence-electron chi connectivity index (χ4n) is 2.27. The molecule has 0 spiro atoms. The van der Waals surface area contributed by atoms with Gasteiger partial charge in [-0.25, -0.2) is 0 Å². The quantitative estimate of drug-likeness (QED) is 0.768. The van der Waals surface area contributed by atoms with Crippen LogP contribution in [-0.2, 0) is 9.53 Å². The largest absolute Gasteiger partial charge is 0.469 e. The Morgan fingerprint density at radius 3 is 2.29 bits per heavy atom. The third-order valence-electron chi connectivity index (χ3n) is 3.38. The minimum Gasteiger partial charge on any atom is -0.469 e. The first kappa shape index (κ1) is 16.2.